The average Bonchev–Trinajstić information content (AvgIpc) is 3.07. The van der Waals surface area contributed by atoms with Crippen LogP contribution in [0.5, 0.6) is 5.75 Å². The van der Waals surface area contributed by atoms with Gasteiger partial charge in [-0.05, 0) is 25.0 Å². The lowest BCUT2D eigenvalue weighted by Crippen LogP contribution is -2.32. The van der Waals surface area contributed by atoms with Crippen LogP contribution in [-0.4, -0.2) is 29.3 Å². The Morgan fingerprint density at radius 3 is 2.71 bits per heavy atom. The van der Waals surface area contributed by atoms with Gasteiger partial charge in [0.15, 0.2) is 0 Å². The molecule has 5 heteroatoms. The fourth-order valence-electron chi connectivity index (χ4n) is 1.66. The molecule has 0 heterocycles. The van der Waals surface area contributed by atoms with Gasteiger partial charge in [-0.2, -0.15) is 0 Å². The van der Waals surface area contributed by atoms with Gasteiger partial charge in [0.1, 0.15) is 17.1 Å². The first kappa shape index (κ1) is 11.9. The van der Waals surface area contributed by atoms with Gasteiger partial charge in [-0.3, -0.25) is 4.79 Å². The summed E-state index contributed by atoms with van der Waals surface area (Å²) in [7, 11) is 0. The number of benzene rings is 1. The Hall–Kier alpha value is -1.62. The molecule has 92 valence electrons. The van der Waals surface area contributed by atoms with Crippen molar-refractivity contribution >= 4 is 5.91 Å². The van der Waals surface area contributed by atoms with E-state index in [0.29, 0.717) is 6.54 Å². The smallest absolute Gasteiger partial charge is 0.258 e. The van der Waals surface area contributed by atoms with Crippen LogP contribution in [0.25, 0.3) is 0 Å². The number of phenols is 1. The zero-order valence-corrected chi connectivity index (χ0v) is 9.24. The molecule has 4 nitrogen and oxygen atoms in total. The number of rotatable bonds is 4. The number of aliphatic hydroxyl groups excluding tert-OH is 1. The third-order valence-corrected chi connectivity index (χ3v) is 3.14. The first-order chi connectivity index (χ1) is 8.08. The summed E-state index contributed by atoms with van der Waals surface area (Å²) >= 11 is 0. The van der Waals surface area contributed by atoms with E-state index in [0.717, 1.165) is 18.9 Å². The van der Waals surface area contributed by atoms with Gasteiger partial charge in [0, 0.05) is 12.0 Å². The van der Waals surface area contributed by atoms with Crippen molar-refractivity contribution in [2.45, 2.75) is 12.8 Å². The number of aliphatic hydroxyl groups is 1. The Morgan fingerprint density at radius 2 is 2.18 bits per heavy atom. The van der Waals surface area contributed by atoms with E-state index < -0.39 is 11.7 Å². The van der Waals surface area contributed by atoms with Crippen LogP contribution in [0.2, 0.25) is 0 Å². The maximum atomic E-state index is 13.3. The van der Waals surface area contributed by atoms with Gasteiger partial charge in [-0.25, -0.2) is 4.39 Å². The van der Waals surface area contributed by atoms with E-state index in [1.54, 1.807) is 0 Å². The maximum absolute atomic E-state index is 13.3. The van der Waals surface area contributed by atoms with E-state index in [2.05, 4.69) is 5.32 Å². The lowest BCUT2D eigenvalue weighted by molar-refractivity contribution is 0.0928. The number of carbonyl (C=O) groups is 1. The molecular weight excluding hydrogens is 225 g/mol. The first-order valence-electron chi connectivity index (χ1n) is 5.44. The predicted molar refractivity (Wildman–Crippen MR) is 59.2 cm³/mol. The Labute approximate surface area is 98.1 Å². The van der Waals surface area contributed by atoms with Crippen molar-refractivity contribution in [1.29, 1.82) is 0 Å². The molecule has 0 aromatic heterocycles. The Balaban J connectivity index is 2.05. The summed E-state index contributed by atoms with van der Waals surface area (Å²) in [6.45, 7) is 0.312. The molecule has 0 radical (unpaired) electrons. The molecule has 1 aliphatic rings. The number of amides is 1. The normalized spacial score (nSPS) is 16.6. The predicted octanol–water partition coefficient (Wildman–Crippen LogP) is 1.03. The van der Waals surface area contributed by atoms with Gasteiger partial charge in [0.05, 0.1) is 6.61 Å². The molecule has 3 N–H and O–H groups in total. The molecule has 1 aromatic carbocycles. The molecule has 1 saturated carbocycles. The molecule has 0 spiro atoms. The van der Waals surface area contributed by atoms with Gasteiger partial charge in [-0.15, -0.1) is 0 Å². The quantitative estimate of drug-likeness (QED) is 0.735. The van der Waals surface area contributed by atoms with Gasteiger partial charge < -0.3 is 15.5 Å². The summed E-state index contributed by atoms with van der Waals surface area (Å²) in [5.41, 5.74) is -0.586. The molecule has 1 aromatic rings. The third-order valence-electron chi connectivity index (χ3n) is 3.14. The van der Waals surface area contributed by atoms with Crippen LogP contribution in [0, 0.1) is 11.2 Å². The van der Waals surface area contributed by atoms with Crippen LogP contribution in [0.3, 0.4) is 0 Å². The summed E-state index contributed by atoms with van der Waals surface area (Å²) in [6, 6.07) is 3.71. The van der Waals surface area contributed by atoms with Crippen molar-refractivity contribution in [1.82, 2.24) is 5.32 Å². The lowest BCUT2D eigenvalue weighted by atomic mass is 10.1. The van der Waals surface area contributed by atoms with Crippen molar-refractivity contribution < 1.29 is 19.4 Å². The number of aromatic hydroxyl groups is 1. The van der Waals surface area contributed by atoms with Crippen LogP contribution >= 0.6 is 0 Å². The Bertz CT molecular complexity index is 423. The highest BCUT2D eigenvalue weighted by Gasteiger charge is 2.42. The van der Waals surface area contributed by atoms with Gasteiger partial charge in [-0.1, -0.05) is 6.07 Å². The number of hydrogen-bond donors (Lipinski definition) is 3. The van der Waals surface area contributed by atoms with E-state index in [1.807, 2.05) is 0 Å². The standard InChI is InChI=1S/C12H14FNO3/c13-8-2-1-3-9(16)10(8)11(17)14-6-12(7-15)4-5-12/h1-3,15-16H,4-7H2,(H,14,17). The van der Waals surface area contributed by atoms with Crippen molar-refractivity contribution in [3.8, 4) is 5.75 Å². The number of halogens is 1. The van der Waals surface area contributed by atoms with E-state index in [-0.39, 0.29) is 23.3 Å². The second-order valence-corrected chi connectivity index (χ2v) is 4.47. The monoisotopic (exact) mass is 239 g/mol. The highest BCUT2D eigenvalue weighted by atomic mass is 19.1. The fourth-order valence-corrected chi connectivity index (χ4v) is 1.66. The van der Waals surface area contributed by atoms with Crippen molar-refractivity contribution in [2.24, 2.45) is 5.41 Å². The lowest BCUT2D eigenvalue weighted by Gasteiger charge is -2.13. The summed E-state index contributed by atoms with van der Waals surface area (Å²) in [6.07, 6.45) is 1.71. The molecule has 0 saturated heterocycles. The van der Waals surface area contributed by atoms with Crippen molar-refractivity contribution in [2.75, 3.05) is 13.2 Å². The second kappa shape index (κ2) is 4.33. The van der Waals surface area contributed by atoms with Crippen LogP contribution in [-0.2, 0) is 0 Å². The van der Waals surface area contributed by atoms with Crippen LogP contribution in [0.15, 0.2) is 18.2 Å². The minimum Gasteiger partial charge on any atom is -0.507 e. The molecular formula is C12H14FNO3. The molecule has 0 bridgehead atoms. The van der Waals surface area contributed by atoms with Crippen molar-refractivity contribution in [3.63, 3.8) is 0 Å². The molecule has 2 rings (SSSR count). The Kier molecular flexibility index (Phi) is 3.02. The Morgan fingerprint density at radius 1 is 1.47 bits per heavy atom. The van der Waals surface area contributed by atoms with E-state index in [9.17, 15) is 14.3 Å². The summed E-state index contributed by atoms with van der Waals surface area (Å²) in [5.74, 6) is -1.78. The number of carbonyl (C=O) groups excluding carboxylic acids is 1. The van der Waals surface area contributed by atoms with E-state index in [1.165, 1.54) is 12.1 Å². The molecule has 1 aliphatic carbocycles. The fraction of sp³-hybridized carbons (Fsp3) is 0.417. The first-order valence-corrected chi connectivity index (χ1v) is 5.44. The average molecular weight is 239 g/mol. The highest BCUT2D eigenvalue weighted by molar-refractivity contribution is 5.97. The number of hydrogen-bond acceptors (Lipinski definition) is 3. The number of nitrogens with one attached hydrogen (secondary N) is 1. The van der Waals surface area contributed by atoms with Gasteiger partial charge in [0.2, 0.25) is 0 Å². The largest absolute Gasteiger partial charge is 0.507 e. The molecule has 0 aliphatic heterocycles. The van der Waals surface area contributed by atoms with Crippen LogP contribution in [0.1, 0.15) is 23.2 Å². The third kappa shape index (κ3) is 2.39. The van der Waals surface area contributed by atoms with E-state index in [4.69, 9.17) is 5.11 Å². The van der Waals surface area contributed by atoms with Crippen LogP contribution < -0.4 is 5.32 Å². The topological polar surface area (TPSA) is 69.6 Å². The van der Waals surface area contributed by atoms with Gasteiger partial charge >= 0.3 is 0 Å². The molecule has 0 atom stereocenters. The molecule has 17 heavy (non-hydrogen) atoms. The van der Waals surface area contributed by atoms with Crippen molar-refractivity contribution in [3.05, 3.63) is 29.6 Å². The minimum atomic E-state index is -0.753. The van der Waals surface area contributed by atoms with E-state index >= 15 is 0 Å². The summed E-state index contributed by atoms with van der Waals surface area (Å²) in [5, 5.41) is 21.0. The molecule has 0 unspecified atom stereocenters. The minimum absolute atomic E-state index is 0.0105. The number of phenolic OH excluding ortho intramolecular Hbond substituents is 1. The SMILES string of the molecule is O=C(NCC1(CO)CC1)c1c(O)cccc1F. The second-order valence-electron chi connectivity index (χ2n) is 4.47. The highest BCUT2D eigenvalue weighted by Crippen LogP contribution is 2.44. The zero-order valence-electron chi connectivity index (χ0n) is 9.24. The molecule has 1 amide bonds. The maximum Gasteiger partial charge on any atom is 0.258 e. The van der Waals surface area contributed by atoms with Crippen LogP contribution in [0.4, 0.5) is 4.39 Å². The summed E-state index contributed by atoms with van der Waals surface area (Å²) < 4.78 is 13.3. The summed E-state index contributed by atoms with van der Waals surface area (Å²) in [4.78, 5) is 11.7. The van der Waals surface area contributed by atoms with Gasteiger partial charge in [0.25, 0.3) is 5.91 Å². The zero-order chi connectivity index (χ0) is 12.5. The molecule has 1 fully saturated rings.